The average molecular weight is 304 g/mol. The number of nitrogens with zero attached hydrogens (tertiary/aromatic N) is 4. The molecule has 2 saturated heterocycles. The van der Waals surface area contributed by atoms with Crippen molar-refractivity contribution in [2.75, 3.05) is 39.4 Å². The molecule has 6 nitrogen and oxygen atoms in total. The third-order valence-corrected chi connectivity index (χ3v) is 4.46. The lowest BCUT2D eigenvalue weighted by Crippen LogP contribution is -2.39. The number of likely N-dealkylation sites (tertiary alicyclic amines) is 1. The largest absolute Gasteiger partial charge is 0.379 e. The van der Waals surface area contributed by atoms with Crippen LogP contribution in [0.1, 0.15) is 36.8 Å². The molecule has 1 aromatic rings. The molecular formula is C16H24N4O2. The second-order valence-electron chi connectivity index (χ2n) is 5.98. The first-order valence-corrected chi connectivity index (χ1v) is 8.13. The molecule has 0 N–H and O–H groups in total. The van der Waals surface area contributed by atoms with Gasteiger partial charge in [-0.25, -0.2) is 9.97 Å². The van der Waals surface area contributed by atoms with Crippen LogP contribution < -0.4 is 0 Å². The number of carbonyl (C=O) groups excluding carboxylic acids is 1. The van der Waals surface area contributed by atoms with Gasteiger partial charge in [0, 0.05) is 38.8 Å². The molecule has 0 aliphatic carbocycles. The maximum absolute atomic E-state index is 12.6. The summed E-state index contributed by atoms with van der Waals surface area (Å²) < 4.78 is 5.34. The summed E-state index contributed by atoms with van der Waals surface area (Å²) in [5.74, 6) is 1.01. The van der Waals surface area contributed by atoms with E-state index in [1.807, 2.05) is 17.9 Å². The molecule has 0 spiro atoms. The number of ether oxygens (including phenoxy) is 1. The van der Waals surface area contributed by atoms with Crippen molar-refractivity contribution in [3.8, 4) is 0 Å². The normalized spacial score (nSPS) is 23.0. The number of aryl methyl sites for hydroxylation is 1. The van der Waals surface area contributed by atoms with E-state index in [2.05, 4.69) is 14.9 Å². The summed E-state index contributed by atoms with van der Waals surface area (Å²) >= 11 is 0. The van der Waals surface area contributed by atoms with E-state index in [1.165, 1.54) is 0 Å². The van der Waals surface area contributed by atoms with E-state index in [0.717, 1.165) is 63.8 Å². The van der Waals surface area contributed by atoms with Crippen LogP contribution in [-0.2, 0) is 9.53 Å². The van der Waals surface area contributed by atoms with Gasteiger partial charge in [-0.1, -0.05) is 0 Å². The lowest BCUT2D eigenvalue weighted by Gasteiger charge is -2.28. The SMILES string of the molecule is Cc1nccc([C@H]2CCCN2C(=O)CCN2CCOCC2)n1. The summed E-state index contributed by atoms with van der Waals surface area (Å²) in [6, 6.07) is 2.06. The van der Waals surface area contributed by atoms with Crippen LogP contribution in [0, 0.1) is 6.92 Å². The summed E-state index contributed by atoms with van der Waals surface area (Å²) in [4.78, 5) is 25.5. The van der Waals surface area contributed by atoms with Gasteiger partial charge in [0.1, 0.15) is 5.82 Å². The number of amides is 1. The molecule has 0 unspecified atom stereocenters. The Labute approximate surface area is 131 Å². The molecule has 120 valence electrons. The number of morpholine rings is 1. The Morgan fingerprint density at radius 3 is 2.95 bits per heavy atom. The number of aromatic nitrogens is 2. The molecule has 22 heavy (non-hydrogen) atoms. The molecule has 3 heterocycles. The quantitative estimate of drug-likeness (QED) is 0.836. The van der Waals surface area contributed by atoms with Gasteiger partial charge in [0.05, 0.1) is 24.9 Å². The Balaban J connectivity index is 1.58. The minimum absolute atomic E-state index is 0.124. The molecule has 2 aliphatic rings. The minimum atomic E-state index is 0.124. The van der Waals surface area contributed by atoms with E-state index in [4.69, 9.17) is 4.74 Å². The minimum Gasteiger partial charge on any atom is -0.379 e. The maximum atomic E-state index is 12.6. The van der Waals surface area contributed by atoms with Gasteiger partial charge < -0.3 is 9.64 Å². The van der Waals surface area contributed by atoms with Crippen LogP contribution in [0.3, 0.4) is 0 Å². The topological polar surface area (TPSA) is 58.6 Å². The second kappa shape index (κ2) is 7.15. The van der Waals surface area contributed by atoms with Crippen molar-refractivity contribution in [1.82, 2.24) is 19.8 Å². The summed E-state index contributed by atoms with van der Waals surface area (Å²) in [6.07, 6.45) is 4.42. The summed E-state index contributed by atoms with van der Waals surface area (Å²) in [5.41, 5.74) is 0.977. The highest BCUT2D eigenvalue weighted by molar-refractivity contribution is 5.77. The van der Waals surface area contributed by atoms with E-state index in [-0.39, 0.29) is 11.9 Å². The Morgan fingerprint density at radius 1 is 1.36 bits per heavy atom. The van der Waals surface area contributed by atoms with Crippen molar-refractivity contribution in [3.05, 3.63) is 23.8 Å². The molecule has 6 heteroatoms. The van der Waals surface area contributed by atoms with Crippen LogP contribution in [-0.4, -0.2) is 65.1 Å². The molecule has 0 saturated carbocycles. The zero-order valence-corrected chi connectivity index (χ0v) is 13.2. The predicted molar refractivity (Wildman–Crippen MR) is 82.3 cm³/mol. The first-order chi connectivity index (χ1) is 10.7. The van der Waals surface area contributed by atoms with Gasteiger partial charge in [-0.2, -0.15) is 0 Å². The van der Waals surface area contributed by atoms with E-state index in [1.54, 1.807) is 6.20 Å². The summed E-state index contributed by atoms with van der Waals surface area (Å²) in [6.45, 7) is 6.98. The Kier molecular flexibility index (Phi) is 5.00. The van der Waals surface area contributed by atoms with Crippen molar-refractivity contribution in [2.24, 2.45) is 0 Å². The molecule has 0 bridgehead atoms. The first-order valence-electron chi connectivity index (χ1n) is 8.13. The van der Waals surface area contributed by atoms with Gasteiger partial charge in [-0.05, 0) is 25.8 Å². The van der Waals surface area contributed by atoms with Gasteiger partial charge in [-0.3, -0.25) is 9.69 Å². The van der Waals surface area contributed by atoms with E-state index in [9.17, 15) is 4.79 Å². The molecule has 1 atom stereocenters. The number of carbonyl (C=O) groups is 1. The van der Waals surface area contributed by atoms with Crippen LogP contribution in [0.25, 0.3) is 0 Å². The van der Waals surface area contributed by atoms with Crippen molar-refractivity contribution < 1.29 is 9.53 Å². The van der Waals surface area contributed by atoms with Crippen LogP contribution >= 0.6 is 0 Å². The van der Waals surface area contributed by atoms with Crippen molar-refractivity contribution in [3.63, 3.8) is 0 Å². The molecule has 3 rings (SSSR count). The third kappa shape index (κ3) is 3.62. The van der Waals surface area contributed by atoms with Gasteiger partial charge in [0.25, 0.3) is 0 Å². The Morgan fingerprint density at radius 2 is 2.18 bits per heavy atom. The fraction of sp³-hybridized carbons (Fsp3) is 0.688. The van der Waals surface area contributed by atoms with Gasteiger partial charge >= 0.3 is 0 Å². The molecular weight excluding hydrogens is 280 g/mol. The molecule has 2 aliphatic heterocycles. The number of hydrogen-bond donors (Lipinski definition) is 0. The lowest BCUT2D eigenvalue weighted by atomic mass is 10.1. The molecule has 1 aromatic heterocycles. The number of hydrogen-bond acceptors (Lipinski definition) is 5. The lowest BCUT2D eigenvalue weighted by molar-refractivity contribution is -0.132. The zero-order valence-electron chi connectivity index (χ0n) is 13.2. The highest BCUT2D eigenvalue weighted by Crippen LogP contribution is 2.31. The van der Waals surface area contributed by atoms with E-state index in [0.29, 0.717) is 6.42 Å². The molecule has 0 radical (unpaired) electrons. The monoisotopic (exact) mass is 304 g/mol. The highest BCUT2D eigenvalue weighted by atomic mass is 16.5. The summed E-state index contributed by atoms with van der Waals surface area (Å²) in [7, 11) is 0. The van der Waals surface area contributed by atoms with Crippen LogP contribution in [0.5, 0.6) is 0 Å². The Bertz CT molecular complexity index is 517. The van der Waals surface area contributed by atoms with Gasteiger partial charge in [0.15, 0.2) is 0 Å². The van der Waals surface area contributed by atoms with E-state index < -0.39 is 0 Å². The van der Waals surface area contributed by atoms with Crippen molar-refractivity contribution in [2.45, 2.75) is 32.2 Å². The fourth-order valence-electron chi connectivity index (χ4n) is 3.25. The second-order valence-corrected chi connectivity index (χ2v) is 5.98. The highest BCUT2D eigenvalue weighted by Gasteiger charge is 2.30. The van der Waals surface area contributed by atoms with Crippen molar-refractivity contribution >= 4 is 5.91 Å². The average Bonchev–Trinajstić information content (AvgIpc) is 3.03. The van der Waals surface area contributed by atoms with E-state index >= 15 is 0 Å². The van der Waals surface area contributed by atoms with Gasteiger partial charge in [-0.15, -0.1) is 0 Å². The van der Waals surface area contributed by atoms with Gasteiger partial charge in [0.2, 0.25) is 5.91 Å². The van der Waals surface area contributed by atoms with Crippen LogP contribution in [0.4, 0.5) is 0 Å². The van der Waals surface area contributed by atoms with Crippen molar-refractivity contribution in [1.29, 1.82) is 0 Å². The smallest absolute Gasteiger partial charge is 0.224 e. The first kappa shape index (κ1) is 15.4. The predicted octanol–water partition coefficient (Wildman–Crippen LogP) is 1.17. The molecule has 0 aromatic carbocycles. The summed E-state index contributed by atoms with van der Waals surface area (Å²) in [5, 5.41) is 0. The Hall–Kier alpha value is -1.53. The van der Waals surface area contributed by atoms with Crippen LogP contribution in [0.15, 0.2) is 12.3 Å². The fourth-order valence-corrected chi connectivity index (χ4v) is 3.25. The standard InChI is InChI=1S/C16H24N4O2/c1-13-17-6-4-14(18-13)15-3-2-7-20(15)16(21)5-8-19-9-11-22-12-10-19/h4,6,15H,2-3,5,7-12H2,1H3/t15-/m1/s1. The molecule has 2 fully saturated rings. The third-order valence-electron chi connectivity index (χ3n) is 4.46. The zero-order chi connectivity index (χ0) is 15.4. The number of rotatable bonds is 4. The maximum Gasteiger partial charge on any atom is 0.224 e. The molecule has 1 amide bonds. The van der Waals surface area contributed by atoms with Crippen LogP contribution in [0.2, 0.25) is 0 Å².